The van der Waals surface area contributed by atoms with E-state index < -0.39 is 44.0 Å². The zero-order chi connectivity index (χ0) is 18.3. The van der Waals surface area contributed by atoms with Crippen molar-refractivity contribution in [3.05, 3.63) is 29.6 Å². The lowest BCUT2D eigenvalue weighted by atomic mass is 10.1. The Morgan fingerprint density at radius 1 is 1.17 bits per heavy atom. The molecular weight excluding hydrogens is 345 g/mol. The molecule has 1 aromatic rings. The topological polar surface area (TPSA) is 60.9 Å². The van der Waals surface area contributed by atoms with Gasteiger partial charge in [-0.15, -0.1) is 0 Å². The summed E-state index contributed by atoms with van der Waals surface area (Å²) in [6.45, 7) is 6.07. The summed E-state index contributed by atoms with van der Waals surface area (Å²) in [4.78, 5) is 1.03. The molecule has 0 aromatic heterocycles. The number of nitrogens with zero attached hydrogens (tertiary/aromatic N) is 2. The second-order valence-electron chi connectivity index (χ2n) is 6.71. The van der Waals surface area contributed by atoms with Crippen LogP contribution < -0.4 is 0 Å². The summed E-state index contributed by atoms with van der Waals surface area (Å²) >= 11 is 0. The van der Waals surface area contributed by atoms with Crippen molar-refractivity contribution in [2.45, 2.75) is 37.3 Å². The van der Waals surface area contributed by atoms with E-state index in [2.05, 4.69) is 0 Å². The molecule has 0 amide bonds. The summed E-state index contributed by atoms with van der Waals surface area (Å²) in [5.74, 6) is -4.17. The Hall–Kier alpha value is -1.16. The van der Waals surface area contributed by atoms with Gasteiger partial charge in [0.1, 0.15) is 10.7 Å². The second kappa shape index (κ2) is 6.62. The number of benzene rings is 1. The highest BCUT2D eigenvalue weighted by Gasteiger charge is 2.36. The maximum Gasteiger partial charge on any atom is 0.246 e. The fourth-order valence-electron chi connectivity index (χ4n) is 2.89. The summed E-state index contributed by atoms with van der Waals surface area (Å²) in [5, 5.41) is 9.85. The Kier molecular flexibility index (Phi) is 5.29. The number of hydrogen-bond donors (Lipinski definition) is 1. The highest BCUT2D eigenvalue weighted by atomic mass is 32.2. The van der Waals surface area contributed by atoms with Crippen LogP contribution in [0.1, 0.15) is 20.8 Å². The predicted octanol–water partition coefficient (Wildman–Crippen LogP) is 1.57. The monoisotopic (exact) mass is 366 g/mol. The third-order valence-corrected chi connectivity index (χ3v) is 5.85. The average molecular weight is 366 g/mol. The lowest BCUT2D eigenvalue weighted by Gasteiger charge is -2.40. The summed E-state index contributed by atoms with van der Waals surface area (Å²) in [6.07, 6.45) is 0. The van der Waals surface area contributed by atoms with Crippen molar-refractivity contribution in [2.24, 2.45) is 0 Å². The average Bonchev–Trinajstić information content (AvgIpc) is 2.40. The van der Waals surface area contributed by atoms with Crippen LogP contribution in [0.15, 0.2) is 17.0 Å². The van der Waals surface area contributed by atoms with Gasteiger partial charge in [-0.2, -0.15) is 4.31 Å². The van der Waals surface area contributed by atoms with Crippen LogP contribution >= 0.6 is 0 Å². The van der Waals surface area contributed by atoms with E-state index in [1.54, 1.807) is 20.8 Å². The van der Waals surface area contributed by atoms with Gasteiger partial charge in [-0.25, -0.2) is 21.6 Å². The van der Waals surface area contributed by atoms with Crippen molar-refractivity contribution >= 4 is 10.0 Å². The predicted molar refractivity (Wildman–Crippen MR) is 82.4 cm³/mol. The molecule has 0 spiro atoms. The molecule has 24 heavy (non-hydrogen) atoms. The molecule has 1 saturated heterocycles. The zero-order valence-corrected chi connectivity index (χ0v) is 14.6. The maximum atomic E-state index is 13.9. The fourth-order valence-corrected chi connectivity index (χ4v) is 4.57. The number of rotatable bonds is 4. The van der Waals surface area contributed by atoms with Gasteiger partial charge in [-0.05, 0) is 26.8 Å². The van der Waals surface area contributed by atoms with Crippen LogP contribution in [-0.2, 0) is 10.0 Å². The smallest absolute Gasteiger partial charge is 0.246 e. The lowest BCUT2D eigenvalue weighted by molar-refractivity contribution is 0.0180. The van der Waals surface area contributed by atoms with Gasteiger partial charge in [0, 0.05) is 38.3 Å². The molecule has 136 valence electrons. The van der Waals surface area contributed by atoms with Crippen LogP contribution in [0, 0.1) is 17.5 Å². The van der Waals surface area contributed by atoms with Gasteiger partial charge in [0.05, 0.1) is 5.60 Å². The van der Waals surface area contributed by atoms with Gasteiger partial charge in [0.25, 0.3) is 0 Å². The number of β-amino-alcohol motifs (C(OH)–C–C–N with tert-alkyl or cyclic N) is 1. The van der Waals surface area contributed by atoms with Crippen LogP contribution in [0.2, 0.25) is 0 Å². The molecule has 1 unspecified atom stereocenters. The maximum absolute atomic E-state index is 13.9. The third-order valence-electron chi connectivity index (χ3n) is 3.82. The Bertz CT molecular complexity index is 719. The number of halogens is 3. The van der Waals surface area contributed by atoms with Gasteiger partial charge < -0.3 is 5.11 Å². The lowest BCUT2D eigenvalue weighted by Crippen LogP contribution is -2.56. The molecule has 1 aliphatic rings. The van der Waals surface area contributed by atoms with Crippen LogP contribution in [0.25, 0.3) is 0 Å². The summed E-state index contributed by atoms with van der Waals surface area (Å²) in [5.41, 5.74) is -0.924. The molecule has 1 N–H and O–H groups in total. The van der Waals surface area contributed by atoms with Gasteiger partial charge in [0.2, 0.25) is 10.0 Å². The molecule has 1 fully saturated rings. The van der Waals surface area contributed by atoms with E-state index in [9.17, 15) is 26.7 Å². The number of hydrogen-bond acceptors (Lipinski definition) is 4. The molecule has 1 aliphatic heterocycles. The van der Waals surface area contributed by atoms with Crippen molar-refractivity contribution in [3.63, 3.8) is 0 Å². The van der Waals surface area contributed by atoms with E-state index in [-0.39, 0.29) is 12.6 Å². The molecule has 9 heteroatoms. The molecule has 0 radical (unpaired) electrons. The molecule has 1 aromatic carbocycles. The Labute approximate surface area is 139 Å². The van der Waals surface area contributed by atoms with Crippen molar-refractivity contribution in [2.75, 3.05) is 26.2 Å². The van der Waals surface area contributed by atoms with Crippen LogP contribution in [0.5, 0.6) is 0 Å². The molecule has 2 rings (SSSR count). The van der Waals surface area contributed by atoms with Gasteiger partial charge in [0.15, 0.2) is 11.6 Å². The molecule has 5 nitrogen and oxygen atoms in total. The molecule has 1 atom stereocenters. The zero-order valence-electron chi connectivity index (χ0n) is 13.8. The summed E-state index contributed by atoms with van der Waals surface area (Å²) < 4.78 is 66.5. The minimum atomic E-state index is -4.29. The van der Waals surface area contributed by atoms with Crippen LogP contribution in [0.3, 0.4) is 0 Å². The van der Waals surface area contributed by atoms with Gasteiger partial charge in [-0.3, -0.25) is 4.90 Å². The van der Waals surface area contributed by atoms with Gasteiger partial charge in [-0.1, -0.05) is 0 Å². The molecule has 0 bridgehead atoms. The Balaban J connectivity index is 2.24. The van der Waals surface area contributed by atoms with Crippen molar-refractivity contribution in [1.29, 1.82) is 0 Å². The summed E-state index contributed by atoms with van der Waals surface area (Å²) in [6, 6.07) is 0.103. The molecular formula is C15H21F3N2O3S. The van der Waals surface area contributed by atoms with Crippen LogP contribution in [0.4, 0.5) is 13.2 Å². The third kappa shape index (κ3) is 4.08. The number of aliphatic hydroxyl groups is 1. The molecule has 1 heterocycles. The normalized spacial score (nSPS) is 21.2. The van der Waals surface area contributed by atoms with Gasteiger partial charge >= 0.3 is 0 Å². The standard InChI is InChI=1S/C15H21F3N2O3S/c1-10-8-19(9-15(2,3)21)4-5-20(10)24(22,23)14-7-12(17)11(16)6-13(14)18/h6-7,10,21H,4-5,8-9H2,1-3H3. The Morgan fingerprint density at radius 2 is 1.75 bits per heavy atom. The highest BCUT2D eigenvalue weighted by molar-refractivity contribution is 7.89. The number of sulfonamides is 1. The molecule has 0 saturated carbocycles. The summed E-state index contributed by atoms with van der Waals surface area (Å²) in [7, 11) is -4.29. The Morgan fingerprint density at radius 3 is 2.29 bits per heavy atom. The first-order chi connectivity index (χ1) is 10.9. The number of piperazine rings is 1. The van der Waals surface area contributed by atoms with Crippen molar-refractivity contribution < 1.29 is 26.7 Å². The second-order valence-corrected chi connectivity index (χ2v) is 8.57. The van der Waals surface area contributed by atoms with E-state index in [1.807, 2.05) is 4.90 Å². The SMILES string of the molecule is CC1CN(CC(C)(C)O)CCN1S(=O)(=O)c1cc(F)c(F)cc1F. The largest absolute Gasteiger partial charge is 0.389 e. The van der Waals surface area contributed by atoms with E-state index in [4.69, 9.17) is 0 Å². The first-order valence-corrected chi connectivity index (χ1v) is 8.97. The van der Waals surface area contributed by atoms with E-state index in [0.29, 0.717) is 25.7 Å². The highest BCUT2D eigenvalue weighted by Crippen LogP contribution is 2.26. The van der Waals surface area contributed by atoms with Crippen molar-refractivity contribution in [1.82, 2.24) is 9.21 Å². The van der Waals surface area contributed by atoms with Crippen LogP contribution in [-0.4, -0.2) is 60.6 Å². The van der Waals surface area contributed by atoms with E-state index in [1.165, 1.54) is 0 Å². The minimum Gasteiger partial charge on any atom is -0.389 e. The van der Waals surface area contributed by atoms with E-state index in [0.717, 1.165) is 4.31 Å². The quantitative estimate of drug-likeness (QED) is 0.822. The fraction of sp³-hybridized carbons (Fsp3) is 0.600. The first kappa shape index (κ1) is 19.2. The molecule has 0 aliphatic carbocycles. The van der Waals surface area contributed by atoms with E-state index >= 15 is 0 Å². The van der Waals surface area contributed by atoms with Crippen molar-refractivity contribution in [3.8, 4) is 0 Å². The first-order valence-electron chi connectivity index (χ1n) is 7.53. The minimum absolute atomic E-state index is 0.0675.